The van der Waals surface area contributed by atoms with E-state index in [1.54, 1.807) is 23.1 Å². The van der Waals surface area contributed by atoms with Gasteiger partial charge in [0, 0.05) is 24.0 Å². The van der Waals surface area contributed by atoms with Crippen molar-refractivity contribution in [2.45, 2.75) is 52.2 Å². The highest BCUT2D eigenvalue weighted by atomic mass is 19.1. The molecule has 0 aliphatic carbocycles. The summed E-state index contributed by atoms with van der Waals surface area (Å²) in [7, 11) is 0. The maximum absolute atomic E-state index is 13.5. The van der Waals surface area contributed by atoms with Gasteiger partial charge in [-0.1, -0.05) is 0 Å². The molecule has 1 aliphatic rings. The summed E-state index contributed by atoms with van der Waals surface area (Å²) >= 11 is 0. The van der Waals surface area contributed by atoms with Gasteiger partial charge in [-0.25, -0.2) is 9.37 Å². The molecule has 2 aromatic rings. The van der Waals surface area contributed by atoms with Gasteiger partial charge in [-0.15, -0.1) is 0 Å². The molecule has 1 aromatic heterocycles. The van der Waals surface area contributed by atoms with Crippen LogP contribution >= 0.6 is 0 Å². The number of benzene rings is 1. The van der Waals surface area contributed by atoms with Crippen molar-refractivity contribution in [1.29, 1.82) is 0 Å². The van der Waals surface area contributed by atoms with E-state index in [9.17, 15) is 9.18 Å². The van der Waals surface area contributed by atoms with Gasteiger partial charge in [-0.05, 0) is 70.4 Å². The van der Waals surface area contributed by atoms with Crippen LogP contribution in [0.4, 0.5) is 10.1 Å². The minimum Gasteiger partial charge on any atom is -0.475 e. The summed E-state index contributed by atoms with van der Waals surface area (Å²) in [6.45, 7) is 8.81. The molecule has 3 rings (SSSR count). The summed E-state index contributed by atoms with van der Waals surface area (Å²) < 4.78 is 24.7. The Morgan fingerprint density at radius 3 is 2.71 bits per heavy atom. The van der Waals surface area contributed by atoms with Crippen molar-refractivity contribution in [3.05, 3.63) is 53.5 Å². The Morgan fingerprint density at radius 1 is 1.25 bits per heavy atom. The molecular weight excluding hydrogens is 359 g/mol. The normalized spacial score (nSPS) is 16.6. The number of amides is 1. The Kier molecular flexibility index (Phi) is 5.98. The zero-order chi connectivity index (χ0) is 20.3. The number of ether oxygens (including phenoxy) is 2. The lowest BCUT2D eigenvalue weighted by atomic mass is 9.95. The molecule has 0 radical (unpaired) electrons. The molecule has 0 spiro atoms. The SMILES string of the molecule is CC1CCc2cc(F)ccc2N1C(=O)c1ccc(OCCOC(C)(C)C)nc1. The average Bonchev–Trinajstić information content (AvgIpc) is 2.64. The van der Waals surface area contributed by atoms with Crippen LogP contribution in [0.25, 0.3) is 0 Å². The van der Waals surface area contributed by atoms with Crippen LogP contribution in [0, 0.1) is 5.82 Å². The first-order valence-electron chi connectivity index (χ1n) is 9.59. The van der Waals surface area contributed by atoms with Gasteiger partial charge >= 0.3 is 0 Å². The fraction of sp³-hybridized carbons (Fsp3) is 0.455. The average molecular weight is 386 g/mol. The van der Waals surface area contributed by atoms with Crippen LogP contribution < -0.4 is 9.64 Å². The van der Waals surface area contributed by atoms with Crippen molar-refractivity contribution in [1.82, 2.24) is 4.98 Å². The Hall–Kier alpha value is -2.47. The molecule has 0 fully saturated rings. The van der Waals surface area contributed by atoms with E-state index in [1.807, 2.05) is 27.7 Å². The number of aromatic nitrogens is 1. The molecule has 0 N–H and O–H groups in total. The first kappa shape index (κ1) is 20.3. The number of carbonyl (C=O) groups is 1. The number of fused-ring (bicyclic) bond motifs is 1. The molecule has 150 valence electrons. The molecule has 1 amide bonds. The fourth-order valence-corrected chi connectivity index (χ4v) is 3.26. The Balaban J connectivity index is 1.68. The number of halogens is 1. The van der Waals surface area contributed by atoms with Crippen molar-refractivity contribution >= 4 is 11.6 Å². The van der Waals surface area contributed by atoms with E-state index >= 15 is 0 Å². The maximum Gasteiger partial charge on any atom is 0.260 e. The van der Waals surface area contributed by atoms with Crippen molar-refractivity contribution in [2.75, 3.05) is 18.1 Å². The molecule has 5 nitrogen and oxygen atoms in total. The Labute approximate surface area is 165 Å². The quantitative estimate of drug-likeness (QED) is 0.715. The zero-order valence-corrected chi connectivity index (χ0v) is 16.9. The van der Waals surface area contributed by atoms with Gasteiger partial charge < -0.3 is 14.4 Å². The van der Waals surface area contributed by atoms with Gasteiger partial charge in [-0.3, -0.25) is 4.79 Å². The van der Waals surface area contributed by atoms with E-state index in [0.29, 0.717) is 24.7 Å². The molecular formula is C22H27FN2O3. The van der Waals surface area contributed by atoms with Gasteiger partial charge in [0.05, 0.1) is 17.8 Å². The summed E-state index contributed by atoms with van der Waals surface area (Å²) in [5.74, 6) is 0.0257. The van der Waals surface area contributed by atoms with Crippen LogP contribution in [-0.2, 0) is 11.2 Å². The third kappa shape index (κ3) is 4.87. The van der Waals surface area contributed by atoms with Crippen molar-refractivity contribution in [3.8, 4) is 5.88 Å². The van der Waals surface area contributed by atoms with Gasteiger partial charge in [-0.2, -0.15) is 0 Å². The van der Waals surface area contributed by atoms with Crippen LogP contribution in [-0.4, -0.2) is 35.7 Å². The molecule has 1 aromatic carbocycles. The second-order valence-corrected chi connectivity index (χ2v) is 8.03. The Morgan fingerprint density at radius 2 is 2.04 bits per heavy atom. The molecule has 0 saturated carbocycles. The van der Waals surface area contributed by atoms with Gasteiger partial charge in [0.25, 0.3) is 5.91 Å². The lowest BCUT2D eigenvalue weighted by Crippen LogP contribution is -2.42. The van der Waals surface area contributed by atoms with Crippen LogP contribution in [0.3, 0.4) is 0 Å². The Bertz CT molecular complexity index is 831. The minimum atomic E-state index is -0.278. The summed E-state index contributed by atoms with van der Waals surface area (Å²) in [5, 5.41) is 0. The van der Waals surface area contributed by atoms with Crippen LogP contribution in [0.5, 0.6) is 5.88 Å². The second kappa shape index (κ2) is 8.27. The molecule has 0 bridgehead atoms. The van der Waals surface area contributed by atoms with Crippen molar-refractivity contribution in [2.24, 2.45) is 0 Å². The van der Waals surface area contributed by atoms with E-state index in [-0.39, 0.29) is 23.4 Å². The van der Waals surface area contributed by atoms with E-state index < -0.39 is 0 Å². The topological polar surface area (TPSA) is 51.7 Å². The molecule has 2 heterocycles. The van der Waals surface area contributed by atoms with Crippen molar-refractivity contribution in [3.63, 3.8) is 0 Å². The summed E-state index contributed by atoms with van der Waals surface area (Å²) in [4.78, 5) is 19.0. The molecule has 6 heteroatoms. The van der Waals surface area contributed by atoms with Crippen LogP contribution in [0.2, 0.25) is 0 Å². The number of rotatable bonds is 5. The first-order chi connectivity index (χ1) is 13.2. The largest absolute Gasteiger partial charge is 0.475 e. The minimum absolute atomic E-state index is 0.0379. The number of carbonyl (C=O) groups excluding carboxylic acids is 1. The zero-order valence-electron chi connectivity index (χ0n) is 16.9. The summed E-state index contributed by atoms with van der Waals surface area (Å²) in [6, 6.07) is 8.02. The number of nitrogens with zero attached hydrogens (tertiary/aromatic N) is 2. The lowest BCUT2D eigenvalue weighted by Gasteiger charge is -2.35. The number of anilines is 1. The molecule has 1 atom stereocenters. The number of aryl methyl sites for hydroxylation is 1. The standard InChI is InChI=1S/C22H27FN2O3/c1-15-5-6-16-13-18(23)8-9-19(16)25(15)21(26)17-7-10-20(24-14-17)27-11-12-28-22(2,3)4/h7-10,13-15H,5-6,11-12H2,1-4H3. The first-order valence-corrected chi connectivity index (χ1v) is 9.59. The monoisotopic (exact) mass is 386 g/mol. The van der Waals surface area contributed by atoms with Crippen LogP contribution in [0.1, 0.15) is 50.0 Å². The van der Waals surface area contributed by atoms with Gasteiger partial charge in [0.1, 0.15) is 12.4 Å². The van der Waals surface area contributed by atoms with Crippen LogP contribution in [0.15, 0.2) is 36.5 Å². The number of pyridine rings is 1. The van der Waals surface area contributed by atoms with E-state index in [1.165, 1.54) is 18.3 Å². The van der Waals surface area contributed by atoms with E-state index in [4.69, 9.17) is 9.47 Å². The fourth-order valence-electron chi connectivity index (χ4n) is 3.26. The molecule has 28 heavy (non-hydrogen) atoms. The van der Waals surface area contributed by atoms with Crippen molar-refractivity contribution < 1.29 is 18.7 Å². The maximum atomic E-state index is 13.5. The highest BCUT2D eigenvalue weighted by Gasteiger charge is 2.29. The molecule has 0 saturated heterocycles. The summed E-state index contributed by atoms with van der Waals surface area (Å²) in [5.41, 5.74) is 1.89. The molecule has 1 aliphatic heterocycles. The molecule has 1 unspecified atom stereocenters. The highest BCUT2D eigenvalue weighted by Crippen LogP contribution is 2.32. The van der Waals surface area contributed by atoms with E-state index in [2.05, 4.69) is 4.98 Å². The summed E-state index contributed by atoms with van der Waals surface area (Å²) in [6.07, 6.45) is 3.08. The number of hydrogen-bond acceptors (Lipinski definition) is 4. The lowest BCUT2D eigenvalue weighted by molar-refractivity contribution is -0.0168. The third-order valence-electron chi connectivity index (χ3n) is 4.64. The van der Waals surface area contributed by atoms with Gasteiger partial charge in [0.2, 0.25) is 5.88 Å². The number of hydrogen-bond donors (Lipinski definition) is 0. The smallest absolute Gasteiger partial charge is 0.260 e. The highest BCUT2D eigenvalue weighted by molar-refractivity contribution is 6.07. The second-order valence-electron chi connectivity index (χ2n) is 8.03. The van der Waals surface area contributed by atoms with Gasteiger partial charge in [0.15, 0.2) is 0 Å². The van der Waals surface area contributed by atoms with E-state index in [0.717, 1.165) is 24.1 Å². The predicted octanol–water partition coefficient (Wildman–Crippen LogP) is 4.40. The third-order valence-corrected chi connectivity index (χ3v) is 4.64. The predicted molar refractivity (Wildman–Crippen MR) is 106 cm³/mol.